The zero-order chi connectivity index (χ0) is 4.83. The van der Waals surface area contributed by atoms with Gasteiger partial charge in [0.25, 0.3) is 0 Å². The van der Waals surface area contributed by atoms with Crippen molar-refractivity contribution in [1.82, 2.24) is 0 Å². The van der Waals surface area contributed by atoms with Gasteiger partial charge < -0.3 is 0 Å². The van der Waals surface area contributed by atoms with Gasteiger partial charge in [0.2, 0.25) is 0 Å². The fraction of sp³-hybridized carbons (Fsp3) is 1.00. The molecular weight excluding hydrogens is 203 g/mol. The van der Waals surface area contributed by atoms with Gasteiger partial charge in [0, 0.05) is 17.1 Å². The van der Waals surface area contributed by atoms with Gasteiger partial charge in [-0.3, -0.25) is 0 Å². The summed E-state index contributed by atoms with van der Waals surface area (Å²) in [6.07, 6.45) is 4.13. The normalized spacial score (nSPS) is 7.71. The Morgan fingerprint density at radius 3 is 2.00 bits per heavy atom. The SMILES string of the molecule is CCCCC[SeH].[Cu]. The van der Waals surface area contributed by atoms with Crippen LogP contribution in [0.15, 0.2) is 0 Å². The molecule has 0 bridgehead atoms. The van der Waals surface area contributed by atoms with E-state index in [1.807, 2.05) is 0 Å². The quantitative estimate of drug-likeness (QED) is 0.493. The fourth-order valence-electron chi connectivity index (χ4n) is 0.362. The second-order valence-electron chi connectivity index (χ2n) is 1.43. The topological polar surface area (TPSA) is 0 Å². The van der Waals surface area contributed by atoms with Crippen LogP contribution in [-0.4, -0.2) is 16.0 Å². The molecule has 0 fully saturated rings. The van der Waals surface area contributed by atoms with Gasteiger partial charge in [-0.25, -0.2) is 0 Å². The Hall–Kier alpha value is 1.04. The summed E-state index contributed by atoms with van der Waals surface area (Å²) in [6, 6.07) is 0. The minimum absolute atomic E-state index is 0. The van der Waals surface area contributed by atoms with E-state index >= 15 is 0 Å². The fourth-order valence-corrected chi connectivity index (χ4v) is 0.831. The van der Waals surface area contributed by atoms with Crippen LogP contribution in [-0.2, 0) is 17.1 Å². The van der Waals surface area contributed by atoms with Gasteiger partial charge in [-0.2, -0.15) is 0 Å². The van der Waals surface area contributed by atoms with Crippen molar-refractivity contribution in [2.75, 3.05) is 0 Å². The molecule has 0 aromatic heterocycles. The van der Waals surface area contributed by atoms with E-state index in [1.54, 1.807) is 0 Å². The van der Waals surface area contributed by atoms with Crippen molar-refractivity contribution < 1.29 is 17.1 Å². The molecule has 0 aromatic rings. The van der Waals surface area contributed by atoms with Crippen molar-refractivity contribution in [2.24, 2.45) is 0 Å². The number of unbranched alkanes of at least 4 members (excludes halogenated alkanes) is 2. The minimum Gasteiger partial charge on any atom is 0 e. The Morgan fingerprint density at radius 2 is 1.86 bits per heavy atom. The van der Waals surface area contributed by atoms with Gasteiger partial charge in [-0.1, -0.05) is 0 Å². The molecule has 7 heavy (non-hydrogen) atoms. The van der Waals surface area contributed by atoms with Gasteiger partial charge in [0.05, 0.1) is 0 Å². The molecule has 0 atom stereocenters. The number of hydrogen-bond acceptors (Lipinski definition) is 0. The molecule has 0 spiro atoms. The van der Waals surface area contributed by atoms with E-state index in [2.05, 4.69) is 22.9 Å². The molecule has 0 nitrogen and oxygen atoms in total. The maximum Gasteiger partial charge on any atom is 0 e. The molecule has 0 rings (SSSR count). The molecule has 0 N–H and O–H groups in total. The summed E-state index contributed by atoms with van der Waals surface area (Å²) in [6.45, 7) is 2.22. The van der Waals surface area contributed by atoms with Crippen molar-refractivity contribution in [3.63, 3.8) is 0 Å². The molecule has 49 valence electrons. The van der Waals surface area contributed by atoms with Crippen LogP contribution in [0.5, 0.6) is 0 Å². The molecule has 0 unspecified atom stereocenters. The maximum absolute atomic E-state index is 2.60. The molecule has 2 heteroatoms. The van der Waals surface area contributed by atoms with Gasteiger partial charge in [-0.05, 0) is 0 Å². The second kappa shape index (κ2) is 10.1. The third-order valence-electron chi connectivity index (χ3n) is 0.762. The van der Waals surface area contributed by atoms with Gasteiger partial charge in [-0.15, -0.1) is 0 Å². The molecule has 0 aliphatic rings. The van der Waals surface area contributed by atoms with Crippen LogP contribution in [0.25, 0.3) is 0 Å². The summed E-state index contributed by atoms with van der Waals surface area (Å²) in [5.41, 5.74) is 0. The number of hydrogen-bond donors (Lipinski definition) is 0. The first kappa shape index (κ1) is 10.9. The molecule has 0 saturated heterocycles. The predicted molar refractivity (Wildman–Crippen MR) is 31.5 cm³/mol. The predicted octanol–water partition coefficient (Wildman–Crippen LogP) is 1.49. The summed E-state index contributed by atoms with van der Waals surface area (Å²) in [4.78, 5) is 0. The van der Waals surface area contributed by atoms with E-state index in [9.17, 15) is 0 Å². The van der Waals surface area contributed by atoms with E-state index in [0.717, 1.165) is 0 Å². The van der Waals surface area contributed by atoms with E-state index in [-0.39, 0.29) is 17.1 Å². The van der Waals surface area contributed by atoms with Crippen LogP contribution in [0.4, 0.5) is 0 Å². The van der Waals surface area contributed by atoms with E-state index < -0.39 is 0 Å². The average molecular weight is 215 g/mol. The zero-order valence-electron chi connectivity index (χ0n) is 4.58. The van der Waals surface area contributed by atoms with Gasteiger partial charge in [0.15, 0.2) is 0 Å². The first-order valence-corrected chi connectivity index (χ1v) is 3.85. The smallest absolute Gasteiger partial charge is 0 e. The van der Waals surface area contributed by atoms with Crippen LogP contribution in [0.2, 0.25) is 5.32 Å². The molecular formula is C5H12CuSe. The van der Waals surface area contributed by atoms with Crippen LogP contribution in [0.1, 0.15) is 26.2 Å². The molecule has 0 saturated carbocycles. The van der Waals surface area contributed by atoms with Crippen LogP contribution in [0.3, 0.4) is 0 Å². The van der Waals surface area contributed by atoms with Crippen molar-refractivity contribution in [3.8, 4) is 0 Å². The summed E-state index contributed by atoms with van der Waals surface area (Å²) < 4.78 is 0. The Balaban J connectivity index is 0. The first-order chi connectivity index (χ1) is 2.91. The molecule has 0 amide bonds. The summed E-state index contributed by atoms with van der Waals surface area (Å²) in [5, 5.41) is 1.29. The van der Waals surface area contributed by atoms with Crippen molar-refractivity contribution in [1.29, 1.82) is 0 Å². The van der Waals surface area contributed by atoms with Crippen LogP contribution in [0, 0.1) is 0 Å². The Labute approximate surface area is 64.7 Å². The molecule has 0 aliphatic carbocycles. The molecule has 0 aromatic carbocycles. The van der Waals surface area contributed by atoms with Crippen molar-refractivity contribution in [3.05, 3.63) is 0 Å². The maximum atomic E-state index is 2.60. The van der Waals surface area contributed by atoms with E-state index in [0.29, 0.717) is 0 Å². The third-order valence-corrected chi connectivity index (χ3v) is 1.43. The monoisotopic (exact) mass is 215 g/mol. The van der Waals surface area contributed by atoms with Crippen molar-refractivity contribution >= 4 is 16.0 Å². The van der Waals surface area contributed by atoms with Crippen LogP contribution >= 0.6 is 0 Å². The Bertz CT molecular complexity index is 20.0. The third kappa shape index (κ3) is 11.0. The largest absolute Gasteiger partial charge is 0 e. The van der Waals surface area contributed by atoms with Crippen molar-refractivity contribution in [2.45, 2.75) is 31.5 Å². The van der Waals surface area contributed by atoms with Crippen LogP contribution < -0.4 is 0 Å². The first-order valence-electron chi connectivity index (χ1n) is 2.52. The average Bonchev–Trinajstić information content (AvgIpc) is 1.61. The summed E-state index contributed by atoms with van der Waals surface area (Å²) in [5.74, 6) is 0. The Morgan fingerprint density at radius 1 is 1.29 bits per heavy atom. The van der Waals surface area contributed by atoms with E-state index in [4.69, 9.17) is 0 Å². The molecule has 1 radical (unpaired) electrons. The number of rotatable bonds is 3. The minimum atomic E-state index is 0. The Kier molecular flexibility index (Phi) is 15.8. The second-order valence-corrected chi connectivity index (χ2v) is 2.37. The van der Waals surface area contributed by atoms with Gasteiger partial charge in [0.1, 0.15) is 0 Å². The van der Waals surface area contributed by atoms with Gasteiger partial charge >= 0.3 is 47.5 Å². The molecule has 0 heterocycles. The summed E-state index contributed by atoms with van der Waals surface area (Å²) >= 11 is 2.60. The zero-order valence-corrected chi connectivity index (χ0v) is 7.40. The summed E-state index contributed by atoms with van der Waals surface area (Å²) in [7, 11) is 0. The van der Waals surface area contributed by atoms with E-state index in [1.165, 1.54) is 24.6 Å². The molecule has 0 aliphatic heterocycles. The standard InChI is InChI=1S/C5H12Se.Cu/c1-2-3-4-5-6;/h6H,2-5H2,1H3;.